The Labute approximate surface area is 160 Å². The van der Waals surface area contributed by atoms with Gasteiger partial charge in [0.25, 0.3) is 0 Å². The van der Waals surface area contributed by atoms with Gasteiger partial charge in [-0.2, -0.15) is 13.2 Å². The first-order chi connectivity index (χ1) is 13.3. The van der Waals surface area contributed by atoms with Gasteiger partial charge in [-0.15, -0.1) is 0 Å². The summed E-state index contributed by atoms with van der Waals surface area (Å²) in [6.07, 6.45) is -2.11. The molecule has 0 saturated carbocycles. The standard InChI is InChI=1S/C19H21F3N4O2/c1-25(2)12-16(27)26-8-9-28-15(11-26)18-17(23-6-7-24-18)13-4-3-5-14(10-13)19(20,21)22/h3-7,10,15H,8-9,11-12H2,1-2H3/t15-/m1/s1. The van der Waals surface area contributed by atoms with Crippen LogP contribution in [0, 0.1) is 0 Å². The molecule has 1 aliphatic rings. The minimum atomic E-state index is -4.45. The van der Waals surface area contributed by atoms with E-state index in [1.807, 2.05) is 14.1 Å². The van der Waals surface area contributed by atoms with Crippen molar-refractivity contribution in [2.75, 3.05) is 40.3 Å². The van der Waals surface area contributed by atoms with Crippen LogP contribution in [-0.2, 0) is 15.7 Å². The van der Waals surface area contributed by atoms with Crippen LogP contribution in [0.3, 0.4) is 0 Å². The molecule has 28 heavy (non-hydrogen) atoms. The van der Waals surface area contributed by atoms with E-state index in [1.165, 1.54) is 18.5 Å². The number of morpholine rings is 1. The molecule has 0 spiro atoms. The Kier molecular flexibility index (Phi) is 5.95. The summed E-state index contributed by atoms with van der Waals surface area (Å²) in [4.78, 5) is 24.4. The number of carbonyl (C=O) groups is 1. The van der Waals surface area contributed by atoms with Gasteiger partial charge in [0.15, 0.2) is 0 Å². The van der Waals surface area contributed by atoms with Crippen molar-refractivity contribution < 1.29 is 22.7 Å². The molecule has 1 fully saturated rings. The van der Waals surface area contributed by atoms with Crippen molar-refractivity contribution in [1.29, 1.82) is 0 Å². The van der Waals surface area contributed by atoms with E-state index in [-0.39, 0.29) is 19.0 Å². The lowest BCUT2D eigenvalue weighted by Crippen LogP contribution is -2.45. The lowest BCUT2D eigenvalue weighted by molar-refractivity contribution is -0.140. The highest BCUT2D eigenvalue weighted by Crippen LogP contribution is 2.34. The number of hydrogen-bond donors (Lipinski definition) is 0. The number of benzene rings is 1. The quantitative estimate of drug-likeness (QED) is 0.798. The molecule has 0 aliphatic carbocycles. The van der Waals surface area contributed by atoms with Crippen LogP contribution in [0.2, 0.25) is 0 Å². The van der Waals surface area contributed by atoms with Gasteiger partial charge in [0, 0.05) is 24.5 Å². The second kappa shape index (κ2) is 8.24. The third-order valence-electron chi connectivity index (χ3n) is 4.37. The number of halogens is 3. The minimum absolute atomic E-state index is 0.0391. The maximum Gasteiger partial charge on any atom is 0.416 e. The van der Waals surface area contributed by atoms with Crippen molar-refractivity contribution in [3.05, 3.63) is 47.9 Å². The number of nitrogens with zero attached hydrogens (tertiary/aromatic N) is 4. The molecule has 2 heterocycles. The topological polar surface area (TPSA) is 58.6 Å². The van der Waals surface area contributed by atoms with E-state index < -0.39 is 17.8 Å². The van der Waals surface area contributed by atoms with Crippen LogP contribution in [0.5, 0.6) is 0 Å². The molecule has 1 aromatic heterocycles. The molecule has 9 heteroatoms. The average molecular weight is 394 g/mol. The Hall–Kier alpha value is -2.52. The highest BCUT2D eigenvalue weighted by atomic mass is 19.4. The molecule has 0 unspecified atom stereocenters. The van der Waals surface area contributed by atoms with Crippen LogP contribution in [0.4, 0.5) is 13.2 Å². The largest absolute Gasteiger partial charge is 0.416 e. The van der Waals surface area contributed by atoms with E-state index in [9.17, 15) is 18.0 Å². The highest BCUT2D eigenvalue weighted by Gasteiger charge is 2.32. The molecule has 0 radical (unpaired) electrons. The lowest BCUT2D eigenvalue weighted by Gasteiger charge is -2.33. The Balaban J connectivity index is 1.89. The van der Waals surface area contributed by atoms with E-state index in [1.54, 1.807) is 15.9 Å². The third-order valence-corrected chi connectivity index (χ3v) is 4.37. The number of likely N-dealkylation sites (N-methyl/N-ethyl adjacent to an activating group) is 1. The number of aromatic nitrogens is 2. The van der Waals surface area contributed by atoms with Crippen LogP contribution in [0.25, 0.3) is 11.3 Å². The highest BCUT2D eigenvalue weighted by molar-refractivity contribution is 5.78. The van der Waals surface area contributed by atoms with Gasteiger partial charge >= 0.3 is 6.18 Å². The Morgan fingerprint density at radius 3 is 2.75 bits per heavy atom. The zero-order chi connectivity index (χ0) is 20.3. The van der Waals surface area contributed by atoms with Gasteiger partial charge in [0.2, 0.25) is 5.91 Å². The van der Waals surface area contributed by atoms with Crippen molar-refractivity contribution in [3.8, 4) is 11.3 Å². The summed E-state index contributed by atoms with van der Waals surface area (Å²) >= 11 is 0. The maximum atomic E-state index is 13.1. The van der Waals surface area contributed by atoms with E-state index in [0.29, 0.717) is 30.1 Å². The molecule has 0 bridgehead atoms. The van der Waals surface area contributed by atoms with E-state index in [4.69, 9.17) is 4.74 Å². The number of rotatable bonds is 4. The number of hydrogen-bond acceptors (Lipinski definition) is 5. The SMILES string of the molecule is CN(C)CC(=O)N1CCO[C@@H](c2nccnc2-c2cccc(C(F)(F)F)c2)C1. The van der Waals surface area contributed by atoms with Crippen molar-refractivity contribution in [2.45, 2.75) is 12.3 Å². The first-order valence-corrected chi connectivity index (χ1v) is 8.78. The minimum Gasteiger partial charge on any atom is -0.368 e. The summed E-state index contributed by atoms with van der Waals surface area (Å²) in [5.41, 5.74) is 0.289. The first kappa shape index (κ1) is 20.2. The molecule has 1 aromatic carbocycles. The Morgan fingerprint density at radius 1 is 1.29 bits per heavy atom. The fraction of sp³-hybridized carbons (Fsp3) is 0.421. The van der Waals surface area contributed by atoms with Gasteiger partial charge in [-0.25, -0.2) is 0 Å². The fourth-order valence-corrected chi connectivity index (χ4v) is 3.06. The predicted molar refractivity (Wildman–Crippen MR) is 96.3 cm³/mol. The Morgan fingerprint density at radius 2 is 2.04 bits per heavy atom. The molecular formula is C19H21F3N4O2. The van der Waals surface area contributed by atoms with Gasteiger partial charge < -0.3 is 14.5 Å². The first-order valence-electron chi connectivity index (χ1n) is 8.78. The van der Waals surface area contributed by atoms with Gasteiger partial charge in [-0.05, 0) is 26.2 Å². The number of carbonyl (C=O) groups excluding carboxylic acids is 1. The van der Waals surface area contributed by atoms with Gasteiger partial charge in [-0.3, -0.25) is 14.8 Å². The summed E-state index contributed by atoms with van der Waals surface area (Å²) in [7, 11) is 3.62. The molecule has 0 N–H and O–H groups in total. The molecule has 2 aromatic rings. The van der Waals surface area contributed by atoms with Crippen molar-refractivity contribution in [2.24, 2.45) is 0 Å². The Bertz CT molecular complexity index is 842. The molecule has 1 amide bonds. The number of ether oxygens (including phenoxy) is 1. The van der Waals surface area contributed by atoms with Crippen LogP contribution < -0.4 is 0 Å². The number of amides is 1. The van der Waals surface area contributed by atoms with E-state index in [0.717, 1.165) is 12.1 Å². The van der Waals surface area contributed by atoms with E-state index in [2.05, 4.69) is 9.97 Å². The summed E-state index contributed by atoms with van der Waals surface area (Å²) in [5.74, 6) is -0.0391. The van der Waals surface area contributed by atoms with Crippen LogP contribution in [0.1, 0.15) is 17.4 Å². The molecule has 6 nitrogen and oxygen atoms in total. The summed E-state index contributed by atoms with van der Waals surface area (Å²) in [6, 6.07) is 4.95. The zero-order valence-electron chi connectivity index (χ0n) is 15.6. The van der Waals surface area contributed by atoms with Crippen LogP contribution >= 0.6 is 0 Å². The molecular weight excluding hydrogens is 373 g/mol. The zero-order valence-corrected chi connectivity index (χ0v) is 15.6. The fourth-order valence-electron chi connectivity index (χ4n) is 3.06. The smallest absolute Gasteiger partial charge is 0.368 e. The van der Waals surface area contributed by atoms with Gasteiger partial charge in [0.05, 0.1) is 36.6 Å². The molecule has 1 atom stereocenters. The second-order valence-corrected chi connectivity index (χ2v) is 6.81. The van der Waals surface area contributed by atoms with Gasteiger partial charge in [-0.1, -0.05) is 12.1 Å². The monoisotopic (exact) mass is 394 g/mol. The van der Waals surface area contributed by atoms with Crippen molar-refractivity contribution >= 4 is 5.91 Å². The summed E-state index contributed by atoms with van der Waals surface area (Å²) in [5, 5.41) is 0. The maximum absolute atomic E-state index is 13.1. The van der Waals surface area contributed by atoms with Crippen molar-refractivity contribution in [1.82, 2.24) is 19.8 Å². The van der Waals surface area contributed by atoms with Crippen molar-refractivity contribution in [3.63, 3.8) is 0 Å². The molecule has 3 rings (SSSR count). The third kappa shape index (κ3) is 4.66. The van der Waals surface area contributed by atoms with Crippen LogP contribution in [0.15, 0.2) is 36.7 Å². The average Bonchev–Trinajstić information content (AvgIpc) is 2.67. The number of alkyl halides is 3. The van der Waals surface area contributed by atoms with E-state index >= 15 is 0 Å². The lowest BCUT2D eigenvalue weighted by atomic mass is 10.0. The molecule has 150 valence electrons. The summed E-state index contributed by atoms with van der Waals surface area (Å²) < 4.78 is 45.0. The predicted octanol–water partition coefficient (Wildman–Crippen LogP) is 2.62. The molecule has 1 aliphatic heterocycles. The van der Waals surface area contributed by atoms with Gasteiger partial charge in [0.1, 0.15) is 6.10 Å². The second-order valence-electron chi connectivity index (χ2n) is 6.81. The summed E-state index contributed by atoms with van der Waals surface area (Å²) in [6.45, 7) is 1.33. The normalized spacial score (nSPS) is 17.8. The molecule has 1 saturated heterocycles. The van der Waals surface area contributed by atoms with Crippen LogP contribution in [-0.4, -0.2) is 66.0 Å².